The van der Waals surface area contributed by atoms with E-state index in [1.165, 1.54) is 6.20 Å². The number of benzene rings is 1. The molecular weight excluding hydrogens is 212 g/mol. The summed E-state index contributed by atoms with van der Waals surface area (Å²) in [6.07, 6.45) is 3.65. The fourth-order valence-electron chi connectivity index (χ4n) is 1.99. The molecule has 1 aromatic carbocycles. The molecule has 0 unspecified atom stereocenters. The van der Waals surface area contributed by atoms with E-state index < -0.39 is 0 Å². The Morgan fingerprint density at radius 1 is 1.29 bits per heavy atom. The van der Waals surface area contributed by atoms with E-state index in [-0.39, 0.29) is 5.78 Å². The maximum absolute atomic E-state index is 11.7. The van der Waals surface area contributed by atoms with Crippen LogP contribution in [-0.2, 0) is 4.79 Å². The summed E-state index contributed by atoms with van der Waals surface area (Å²) in [4.78, 5) is 16.2. The van der Waals surface area contributed by atoms with Crippen molar-refractivity contribution >= 4 is 17.2 Å². The molecule has 17 heavy (non-hydrogen) atoms. The molecular formula is C14H16N2O. The summed E-state index contributed by atoms with van der Waals surface area (Å²) in [5.74, 6) is 0.103. The largest absolute Gasteiger partial charge is 0.404 e. The van der Waals surface area contributed by atoms with Gasteiger partial charge in [-0.3, -0.25) is 9.79 Å². The van der Waals surface area contributed by atoms with Crippen LogP contribution in [0.5, 0.6) is 0 Å². The van der Waals surface area contributed by atoms with Gasteiger partial charge in [-0.25, -0.2) is 0 Å². The first-order chi connectivity index (χ1) is 8.22. The van der Waals surface area contributed by atoms with Crippen molar-refractivity contribution in [3.63, 3.8) is 0 Å². The molecule has 3 nitrogen and oxygen atoms in total. The number of hydrogen-bond acceptors (Lipinski definition) is 3. The molecule has 1 fully saturated rings. The summed E-state index contributed by atoms with van der Waals surface area (Å²) < 4.78 is 0. The van der Waals surface area contributed by atoms with Crippen LogP contribution in [0.4, 0.5) is 5.69 Å². The first-order valence-electron chi connectivity index (χ1n) is 5.81. The Balaban J connectivity index is 2.39. The second-order valence-electron chi connectivity index (χ2n) is 4.20. The molecule has 0 spiro atoms. The van der Waals surface area contributed by atoms with E-state index in [1.54, 1.807) is 0 Å². The van der Waals surface area contributed by atoms with Gasteiger partial charge in [0.25, 0.3) is 0 Å². The number of para-hydroxylation sites is 1. The number of aryl methyl sites for hydroxylation is 1. The number of carbonyl (C=O) groups is 1. The summed E-state index contributed by atoms with van der Waals surface area (Å²) >= 11 is 0. The Kier molecular flexibility index (Phi) is 3.38. The fraction of sp³-hybridized carbons (Fsp3) is 0.286. The second-order valence-corrected chi connectivity index (χ2v) is 4.20. The number of carbonyl (C=O) groups excluding carboxylic acids is 1. The van der Waals surface area contributed by atoms with Gasteiger partial charge in [-0.2, -0.15) is 0 Å². The molecule has 0 heterocycles. The SMILES string of the molecule is Cc1ccccc1N=C1CCCC(=O)C1=CN. The van der Waals surface area contributed by atoms with Crippen LogP contribution in [0.25, 0.3) is 0 Å². The smallest absolute Gasteiger partial charge is 0.166 e. The first kappa shape index (κ1) is 11.6. The lowest BCUT2D eigenvalue weighted by Crippen LogP contribution is -2.20. The fourth-order valence-corrected chi connectivity index (χ4v) is 1.99. The Morgan fingerprint density at radius 2 is 2.06 bits per heavy atom. The van der Waals surface area contributed by atoms with Gasteiger partial charge in [0.05, 0.1) is 17.0 Å². The number of nitrogens with zero attached hydrogens (tertiary/aromatic N) is 1. The Labute approximate surface area is 101 Å². The molecule has 0 aliphatic heterocycles. The number of ketones is 1. The van der Waals surface area contributed by atoms with Crippen LogP contribution >= 0.6 is 0 Å². The maximum Gasteiger partial charge on any atom is 0.166 e. The van der Waals surface area contributed by atoms with Crippen molar-refractivity contribution in [2.75, 3.05) is 0 Å². The highest BCUT2D eigenvalue weighted by molar-refractivity contribution is 6.24. The van der Waals surface area contributed by atoms with Crippen molar-refractivity contribution in [1.82, 2.24) is 0 Å². The highest BCUT2D eigenvalue weighted by Gasteiger charge is 2.21. The van der Waals surface area contributed by atoms with Gasteiger partial charge in [-0.05, 0) is 31.4 Å². The number of hydrogen-bond donors (Lipinski definition) is 1. The molecule has 1 aliphatic carbocycles. The van der Waals surface area contributed by atoms with Crippen LogP contribution in [0.2, 0.25) is 0 Å². The summed E-state index contributed by atoms with van der Waals surface area (Å²) in [5, 5.41) is 0. The predicted molar refractivity (Wildman–Crippen MR) is 69.4 cm³/mol. The van der Waals surface area contributed by atoms with E-state index >= 15 is 0 Å². The highest BCUT2D eigenvalue weighted by atomic mass is 16.1. The molecule has 1 aliphatic rings. The van der Waals surface area contributed by atoms with Gasteiger partial charge in [0, 0.05) is 12.6 Å². The number of nitrogens with two attached hydrogens (primary N) is 1. The summed E-state index contributed by atoms with van der Waals surface area (Å²) in [6.45, 7) is 2.01. The minimum atomic E-state index is 0.103. The molecule has 1 saturated carbocycles. The van der Waals surface area contributed by atoms with Gasteiger partial charge >= 0.3 is 0 Å². The number of aliphatic imine (C=N–C) groups is 1. The van der Waals surface area contributed by atoms with Crippen molar-refractivity contribution in [2.45, 2.75) is 26.2 Å². The number of rotatable bonds is 1. The average molecular weight is 228 g/mol. The Hall–Kier alpha value is -1.90. The molecule has 0 saturated heterocycles. The van der Waals surface area contributed by atoms with Crippen molar-refractivity contribution in [1.29, 1.82) is 0 Å². The van der Waals surface area contributed by atoms with E-state index in [0.717, 1.165) is 29.8 Å². The van der Waals surface area contributed by atoms with E-state index in [2.05, 4.69) is 4.99 Å². The highest BCUT2D eigenvalue weighted by Crippen LogP contribution is 2.23. The first-order valence-corrected chi connectivity index (χ1v) is 5.81. The van der Waals surface area contributed by atoms with Crippen LogP contribution < -0.4 is 5.73 Å². The average Bonchev–Trinajstić information content (AvgIpc) is 2.32. The second kappa shape index (κ2) is 4.95. The third kappa shape index (κ3) is 2.44. The molecule has 2 rings (SSSR count). The Morgan fingerprint density at radius 3 is 2.76 bits per heavy atom. The molecule has 0 bridgehead atoms. The van der Waals surface area contributed by atoms with Gasteiger partial charge in [0.15, 0.2) is 5.78 Å². The third-order valence-electron chi connectivity index (χ3n) is 2.97. The van der Waals surface area contributed by atoms with Crippen molar-refractivity contribution in [2.24, 2.45) is 10.7 Å². The summed E-state index contributed by atoms with van der Waals surface area (Å²) in [7, 11) is 0. The van der Waals surface area contributed by atoms with Gasteiger partial charge in [0.2, 0.25) is 0 Å². The lowest BCUT2D eigenvalue weighted by molar-refractivity contribution is -0.115. The topological polar surface area (TPSA) is 55.5 Å². The zero-order valence-corrected chi connectivity index (χ0v) is 9.94. The minimum Gasteiger partial charge on any atom is -0.404 e. The van der Waals surface area contributed by atoms with Crippen LogP contribution in [0.3, 0.4) is 0 Å². The van der Waals surface area contributed by atoms with Crippen LogP contribution in [0.15, 0.2) is 41.0 Å². The van der Waals surface area contributed by atoms with Gasteiger partial charge in [-0.15, -0.1) is 0 Å². The molecule has 0 radical (unpaired) electrons. The molecule has 0 amide bonds. The van der Waals surface area contributed by atoms with Crippen molar-refractivity contribution in [3.05, 3.63) is 41.6 Å². The molecule has 3 heteroatoms. The van der Waals surface area contributed by atoms with Crippen molar-refractivity contribution < 1.29 is 4.79 Å². The number of allylic oxidation sites excluding steroid dienone is 1. The van der Waals surface area contributed by atoms with Gasteiger partial charge in [0.1, 0.15) is 0 Å². The zero-order valence-electron chi connectivity index (χ0n) is 9.94. The van der Waals surface area contributed by atoms with Crippen LogP contribution in [-0.4, -0.2) is 11.5 Å². The van der Waals surface area contributed by atoms with E-state index in [1.807, 2.05) is 31.2 Å². The standard InChI is InChI=1S/C14H16N2O/c1-10-5-2-3-6-12(10)16-13-7-4-8-14(17)11(13)9-15/h2-3,5-6,9H,4,7-8,15H2,1H3. The monoisotopic (exact) mass is 228 g/mol. The molecule has 88 valence electrons. The summed E-state index contributed by atoms with van der Waals surface area (Å²) in [5.41, 5.74) is 8.93. The Bertz CT molecular complexity index is 501. The van der Waals surface area contributed by atoms with Crippen LogP contribution in [0.1, 0.15) is 24.8 Å². The number of Topliss-reactive ketones (excluding diaryl/α,β-unsaturated/α-hetero) is 1. The van der Waals surface area contributed by atoms with E-state index in [4.69, 9.17) is 5.73 Å². The third-order valence-corrected chi connectivity index (χ3v) is 2.97. The van der Waals surface area contributed by atoms with Crippen LogP contribution in [0, 0.1) is 6.92 Å². The minimum absolute atomic E-state index is 0.103. The predicted octanol–water partition coefficient (Wildman–Crippen LogP) is 2.66. The molecule has 0 aromatic heterocycles. The van der Waals surface area contributed by atoms with E-state index in [9.17, 15) is 4.79 Å². The quantitative estimate of drug-likeness (QED) is 0.751. The lowest BCUT2D eigenvalue weighted by atomic mass is 9.92. The molecule has 0 atom stereocenters. The zero-order chi connectivity index (χ0) is 12.3. The lowest BCUT2D eigenvalue weighted by Gasteiger charge is -2.15. The van der Waals surface area contributed by atoms with Gasteiger partial charge < -0.3 is 5.73 Å². The van der Waals surface area contributed by atoms with Crippen molar-refractivity contribution in [3.8, 4) is 0 Å². The molecule has 1 aromatic rings. The summed E-state index contributed by atoms with van der Waals surface area (Å²) in [6, 6.07) is 7.89. The van der Waals surface area contributed by atoms with Gasteiger partial charge in [-0.1, -0.05) is 18.2 Å². The molecule has 2 N–H and O–H groups in total. The normalized spacial score (nSPS) is 21.1. The maximum atomic E-state index is 11.7. The van der Waals surface area contributed by atoms with E-state index in [0.29, 0.717) is 12.0 Å².